The van der Waals surface area contributed by atoms with Crippen molar-refractivity contribution in [1.29, 1.82) is 0 Å². The van der Waals surface area contributed by atoms with E-state index < -0.39 is 0 Å². The zero-order valence-electron chi connectivity index (χ0n) is 11.4. The average Bonchev–Trinajstić information content (AvgIpc) is 2.89. The van der Waals surface area contributed by atoms with Crippen molar-refractivity contribution in [3.05, 3.63) is 22.4 Å². The van der Waals surface area contributed by atoms with Crippen LogP contribution in [0.2, 0.25) is 0 Å². The van der Waals surface area contributed by atoms with E-state index in [1.54, 1.807) is 0 Å². The van der Waals surface area contributed by atoms with Crippen molar-refractivity contribution < 1.29 is 14.3 Å². The Morgan fingerprint density at radius 2 is 2.16 bits per heavy atom. The molecule has 0 bridgehead atoms. The normalized spacial score (nSPS) is 12.2. The number of ether oxygens (including phenoxy) is 1. The van der Waals surface area contributed by atoms with Crippen LogP contribution in [0.5, 0.6) is 0 Å². The topological polar surface area (TPSA) is 67.4 Å². The molecule has 0 aliphatic rings. The quantitative estimate of drug-likeness (QED) is 0.744. The lowest BCUT2D eigenvalue weighted by Crippen LogP contribution is -2.39. The summed E-state index contributed by atoms with van der Waals surface area (Å²) in [7, 11) is 1.34. The molecular formula is C13H20N2O3S. The average molecular weight is 284 g/mol. The Bertz CT molecular complexity index is 404. The molecule has 1 amide bonds. The van der Waals surface area contributed by atoms with E-state index in [1.807, 2.05) is 31.4 Å². The van der Waals surface area contributed by atoms with Crippen molar-refractivity contribution in [1.82, 2.24) is 10.6 Å². The van der Waals surface area contributed by atoms with Crippen LogP contribution in [0.4, 0.5) is 0 Å². The highest BCUT2D eigenvalue weighted by molar-refractivity contribution is 7.10. The Kier molecular flexibility index (Phi) is 6.52. The third-order valence-corrected chi connectivity index (χ3v) is 3.48. The Hall–Kier alpha value is -1.40. The second kappa shape index (κ2) is 7.91. The van der Waals surface area contributed by atoms with Crippen molar-refractivity contribution >= 4 is 23.2 Å². The van der Waals surface area contributed by atoms with E-state index in [0.717, 1.165) is 4.88 Å². The second-order valence-electron chi connectivity index (χ2n) is 4.45. The van der Waals surface area contributed by atoms with Crippen molar-refractivity contribution in [3.8, 4) is 0 Å². The maximum Gasteiger partial charge on any atom is 0.307 e. The molecule has 0 saturated carbocycles. The largest absolute Gasteiger partial charge is 0.469 e. The summed E-state index contributed by atoms with van der Waals surface area (Å²) in [6.45, 7) is 4.18. The predicted octanol–water partition coefficient (Wildman–Crippen LogP) is 1.47. The van der Waals surface area contributed by atoms with Crippen LogP contribution in [0.3, 0.4) is 0 Å². The lowest BCUT2D eigenvalue weighted by Gasteiger charge is -2.17. The minimum Gasteiger partial charge on any atom is -0.469 e. The third-order valence-electron chi connectivity index (χ3n) is 2.49. The maximum atomic E-state index is 11.8. The first kappa shape index (κ1) is 15.7. The SMILES string of the molecule is COC(=O)CC(NC(=O)CNC(C)C)c1cccs1. The first-order valence-corrected chi connectivity index (χ1v) is 7.04. The van der Waals surface area contributed by atoms with Gasteiger partial charge in [0.05, 0.1) is 26.1 Å². The molecule has 106 valence electrons. The Labute approximate surface area is 117 Å². The highest BCUT2D eigenvalue weighted by Crippen LogP contribution is 2.22. The van der Waals surface area contributed by atoms with E-state index in [0.29, 0.717) is 0 Å². The number of carbonyl (C=O) groups is 2. The van der Waals surface area contributed by atoms with Crippen LogP contribution < -0.4 is 10.6 Å². The number of hydrogen-bond donors (Lipinski definition) is 2. The van der Waals surface area contributed by atoms with Gasteiger partial charge in [0.15, 0.2) is 0 Å². The number of thiophene rings is 1. The number of carbonyl (C=O) groups excluding carboxylic acids is 2. The Morgan fingerprint density at radius 1 is 1.42 bits per heavy atom. The zero-order valence-corrected chi connectivity index (χ0v) is 12.3. The summed E-state index contributed by atoms with van der Waals surface area (Å²) in [6.07, 6.45) is 0.143. The summed E-state index contributed by atoms with van der Waals surface area (Å²) in [5.41, 5.74) is 0. The van der Waals surface area contributed by atoms with Gasteiger partial charge in [-0.05, 0) is 11.4 Å². The lowest BCUT2D eigenvalue weighted by molar-refractivity contribution is -0.141. The van der Waals surface area contributed by atoms with Crippen molar-refractivity contribution in [2.75, 3.05) is 13.7 Å². The molecule has 5 nitrogen and oxygen atoms in total. The zero-order chi connectivity index (χ0) is 14.3. The molecule has 0 fully saturated rings. The highest BCUT2D eigenvalue weighted by Gasteiger charge is 2.19. The maximum absolute atomic E-state index is 11.8. The summed E-state index contributed by atoms with van der Waals surface area (Å²) < 4.78 is 4.66. The molecule has 2 N–H and O–H groups in total. The summed E-state index contributed by atoms with van der Waals surface area (Å²) in [6, 6.07) is 3.71. The molecule has 0 spiro atoms. The smallest absolute Gasteiger partial charge is 0.307 e. The molecular weight excluding hydrogens is 264 g/mol. The standard InChI is InChI=1S/C13H20N2O3S/c1-9(2)14-8-12(16)15-10(7-13(17)18-3)11-5-4-6-19-11/h4-6,9-10,14H,7-8H2,1-3H3,(H,15,16). The van der Waals surface area contributed by atoms with Crippen LogP contribution in [0.15, 0.2) is 17.5 Å². The molecule has 1 rings (SSSR count). The van der Waals surface area contributed by atoms with E-state index in [-0.39, 0.29) is 36.9 Å². The molecule has 19 heavy (non-hydrogen) atoms. The number of hydrogen-bond acceptors (Lipinski definition) is 5. The van der Waals surface area contributed by atoms with Crippen LogP contribution in [0.25, 0.3) is 0 Å². The van der Waals surface area contributed by atoms with E-state index in [1.165, 1.54) is 18.4 Å². The highest BCUT2D eigenvalue weighted by atomic mass is 32.1. The van der Waals surface area contributed by atoms with E-state index in [2.05, 4.69) is 15.4 Å². The Morgan fingerprint density at radius 3 is 2.68 bits per heavy atom. The van der Waals surface area contributed by atoms with Gasteiger partial charge in [0.2, 0.25) is 5.91 Å². The number of nitrogens with one attached hydrogen (secondary N) is 2. The van der Waals surface area contributed by atoms with Crippen molar-refractivity contribution in [2.45, 2.75) is 32.4 Å². The molecule has 6 heteroatoms. The molecule has 0 aromatic carbocycles. The fourth-order valence-electron chi connectivity index (χ4n) is 1.50. The minimum atomic E-state index is -0.337. The van der Waals surface area contributed by atoms with Gasteiger partial charge in [-0.25, -0.2) is 0 Å². The molecule has 0 radical (unpaired) electrons. The molecule has 1 unspecified atom stereocenters. The Balaban J connectivity index is 2.59. The second-order valence-corrected chi connectivity index (χ2v) is 5.43. The minimum absolute atomic E-state index is 0.129. The lowest BCUT2D eigenvalue weighted by atomic mass is 10.1. The van der Waals surface area contributed by atoms with Crippen LogP contribution in [-0.2, 0) is 14.3 Å². The molecule has 1 aromatic heterocycles. The number of esters is 1. The molecule has 0 saturated heterocycles. The van der Waals surface area contributed by atoms with E-state index in [4.69, 9.17) is 0 Å². The fourth-order valence-corrected chi connectivity index (χ4v) is 2.28. The molecule has 0 aliphatic carbocycles. The van der Waals surface area contributed by atoms with Crippen LogP contribution >= 0.6 is 11.3 Å². The first-order valence-electron chi connectivity index (χ1n) is 6.16. The summed E-state index contributed by atoms with van der Waals surface area (Å²) in [4.78, 5) is 24.1. The summed E-state index contributed by atoms with van der Waals surface area (Å²) in [5, 5.41) is 7.80. The fraction of sp³-hybridized carbons (Fsp3) is 0.538. The van der Waals surface area contributed by atoms with Crippen molar-refractivity contribution in [2.24, 2.45) is 0 Å². The third kappa shape index (κ3) is 5.85. The number of methoxy groups -OCH3 is 1. The van der Waals surface area contributed by atoms with Gasteiger partial charge in [-0.15, -0.1) is 11.3 Å². The van der Waals surface area contributed by atoms with Gasteiger partial charge in [0, 0.05) is 10.9 Å². The van der Waals surface area contributed by atoms with Gasteiger partial charge in [-0.1, -0.05) is 19.9 Å². The van der Waals surface area contributed by atoms with E-state index in [9.17, 15) is 9.59 Å². The molecule has 1 atom stereocenters. The molecule has 1 heterocycles. The number of rotatable bonds is 7. The molecule has 1 aromatic rings. The van der Waals surface area contributed by atoms with Gasteiger partial charge in [-0.3, -0.25) is 9.59 Å². The van der Waals surface area contributed by atoms with E-state index >= 15 is 0 Å². The van der Waals surface area contributed by atoms with Gasteiger partial charge in [-0.2, -0.15) is 0 Å². The number of amides is 1. The van der Waals surface area contributed by atoms with Crippen LogP contribution in [0.1, 0.15) is 31.2 Å². The van der Waals surface area contributed by atoms with Gasteiger partial charge in [0.1, 0.15) is 0 Å². The van der Waals surface area contributed by atoms with Crippen LogP contribution in [0, 0.1) is 0 Å². The van der Waals surface area contributed by atoms with Gasteiger partial charge < -0.3 is 15.4 Å². The van der Waals surface area contributed by atoms with Crippen molar-refractivity contribution in [3.63, 3.8) is 0 Å². The van der Waals surface area contributed by atoms with Gasteiger partial charge in [0.25, 0.3) is 0 Å². The van der Waals surface area contributed by atoms with Gasteiger partial charge >= 0.3 is 5.97 Å². The molecule has 0 aliphatic heterocycles. The summed E-state index contributed by atoms with van der Waals surface area (Å²) in [5.74, 6) is -0.466. The van der Waals surface area contributed by atoms with Crippen LogP contribution in [-0.4, -0.2) is 31.6 Å². The first-order chi connectivity index (χ1) is 9.02. The summed E-state index contributed by atoms with van der Waals surface area (Å²) >= 11 is 1.51. The predicted molar refractivity (Wildman–Crippen MR) is 75.0 cm³/mol. The monoisotopic (exact) mass is 284 g/mol.